The molecule has 0 aliphatic heterocycles. The van der Waals surface area contributed by atoms with E-state index >= 15 is 0 Å². The van der Waals surface area contributed by atoms with Gasteiger partial charge in [-0.25, -0.2) is 0 Å². The van der Waals surface area contributed by atoms with E-state index in [-0.39, 0.29) is 0 Å². The molecule has 25 heavy (non-hydrogen) atoms. The summed E-state index contributed by atoms with van der Waals surface area (Å²) in [5.74, 6) is 0. The van der Waals surface area contributed by atoms with Crippen molar-refractivity contribution in [2.24, 2.45) is 0 Å². The van der Waals surface area contributed by atoms with Gasteiger partial charge in [0.2, 0.25) is 0 Å². The molecule has 0 amide bonds. The number of alkyl halides is 3. The standard InChI is InChI=1S/C20H23F3O2/c1-4-24-19(25-5-2)18-10-9-16(11-14(18)3)12-15-7-6-8-17(13-15)20(21,22)23/h6-11,13,19H,4-5,12H2,1-3H3. The van der Waals surface area contributed by atoms with Gasteiger partial charge in [-0.3, -0.25) is 0 Å². The average Bonchev–Trinajstić information content (AvgIpc) is 2.54. The molecule has 0 unspecified atom stereocenters. The zero-order valence-corrected chi connectivity index (χ0v) is 14.7. The first-order valence-electron chi connectivity index (χ1n) is 8.34. The molecule has 0 fully saturated rings. The number of hydrogen-bond acceptors (Lipinski definition) is 2. The van der Waals surface area contributed by atoms with Crippen molar-refractivity contribution in [2.45, 2.75) is 39.7 Å². The van der Waals surface area contributed by atoms with Crippen LogP contribution in [0.4, 0.5) is 13.2 Å². The highest BCUT2D eigenvalue weighted by molar-refractivity contribution is 5.36. The number of benzene rings is 2. The van der Waals surface area contributed by atoms with E-state index in [0.29, 0.717) is 25.2 Å². The van der Waals surface area contributed by atoms with Crippen LogP contribution in [-0.2, 0) is 22.1 Å². The number of aryl methyl sites for hydroxylation is 1. The highest BCUT2D eigenvalue weighted by Crippen LogP contribution is 2.30. The molecule has 0 heterocycles. The van der Waals surface area contributed by atoms with E-state index in [1.807, 2.05) is 39.0 Å². The summed E-state index contributed by atoms with van der Waals surface area (Å²) in [5.41, 5.74) is 2.90. The number of rotatable bonds is 7. The fourth-order valence-electron chi connectivity index (χ4n) is 2.74. The Morgan fingerprint density at radius 1 is 0.920 bits per heavy atom. The predicted molar refractivity (Wildman–Crippen MR) is 91.4 cm³/mol. The lowest BCUT2D eigenvalue weighted by Crippen LogP contribution is -2.10. The van der Waals surface area contributed by atoms with Crippen LogP contribution in [0.3, 0.4) is 0 Å². The van der Waals surface area contributed by atoms with E-state index in [2.05, 4.69) is 0 Å². The van der Waals surface area contributed by atoms with Gasteiger partial charge in [-0.15, -0.1) is 0 Å². The fraction of sp³-hybridized carbons (Fsp3) is 0.400. The first-order chi connectivity index (χ1) is 11.8. The van der Waals surface area contributed by atoms with Crippen molar-refractivity contribution in [1.82, 2.24) is 0 Å². The minimum Gasteiger partial charge on any atom is -0.349 e. The Labute approximate surface area is 146 Å². The lowest BCUT2D eigenvalue weighted by atomic mass is 9.98. The van der Waals surface area contributed by atoms with Crippen LogP contribution in [0.25, 0.3) is 0 Å². The first-order valence-corrected chi connectivity index (χ1v) is 8.34. The lowest BCUT2D eigenvalue weighted by molar-refractivity contribution is -0.140. The lowest BCUT2D eigenvalue weighted by Gasteiger charge is -2.20. The highest BCUT2D eigenvalue weighted by atomic mass is 19.4. The second-order valence-corrected chi connectivity index (χ2v) is 5.81. The van der Waals surface area contributed by atoms with Crippen LogP contribution < -0.4 is 0 Å². The normalized spacial score (nSPS) is 12.0. The molecule has 0 spiro atoms. The third-order valence-electron chi connectivity index (χ3n) is 3.89. The Bertz CT molecular complexity index is 690. The molecule has 5 heteroatoms. The summed E-state index contributed by atoms with van der Waals surface area (Å²) in [7, 11) is 0. The fourth-order valence-corrected chi connectivity index (χ4v) is 2.74. The Kier molecular flexibility index (Phi) is 6.62. The van der Waals surface area contributed by atoms with Gasteiger partial charge < -0.3 is 9.47 Å². The summed E-state index contributed by atoms with van der Waals surface area (Å²) in [4.78, 5) is 0. The summed E-state index contributed by atoms with van der Waals surface area (Å²) in [6.45, 7) is 6.84. The van der Waals surface area contributed by atoms with E-state index in [1.54, 1.807) is 6.07 Å². The van der Waals surface area contributed by atoms with Gasteiger partial charge in [-0.1, -0.05) is 36.4 Å². The van der Waals surface area contributed by atoms with Crippen LogP contribution in [0.5, 0.6) is 0 Å². The summed E-state index contributed by atoms with van der Waals surface area (Å²) < 4.78 is 49.7. The van der Waals surface area contributed by atoms with Crippen molar-refractivity contribution in [1.29, 1.82) is 0 Å². The molecular formula is C20H23F3O2. The minimum absolute atomic E-state index is 0.419. The Morgan fingerprint density at radius 3 is 2.12 bits per heavy atom. The van der Waals surface area contributed by atoms with Crippen LogP contribution in [0.1, 0.15) is 48.0 Å². The third kappa shape index (κ3) is 5.31. The minimum atomic E-state index is -4.32. The molecule has 0 N–H and O–H groups in total. The maximum Gasteiger partial charge on any atom is 0.416 e. The van der Waals surface area contributed by atoms with E-state index in [9.17, 15) is 13.2 Å². The number of hydrogen-bond donors (Lipinski definition) is 0. The molecule has 2 rings (SSSR count). The van der Waals surface area contributed by atoms with Crippen LogP contribution in [0.15, 0.2) is 42.5 Å². The van der Waals surface area contributed by atoms with Gasteiger partial charge in [-0.05, 0) is 49.9 Å². The SMILES string of the molecule is CCOC(OCC)c1ccc(Cc2cccc(C(F)(F)F)c2)cc1C. The molecule has 0 aromatic heterocycles. The zero-order chi connectivity index (χ0) is 18.4. The molecule has 136 valence electrons. The van der Waals surface area contributed by atoms with E-state index < -0.39 is 18.0 Å². The number of ether oxygens (including phenoxy) is 2. The Hall–Kier alpha value is -1.85. The molecule has 0 saturated heterocycles. The molecule has 2 nitrogen and oxygen atoms in total. The quantitative estimate of drug-likeness (QED) is 0.597. The summed E-state index contributed by atoms with van der Waals surface area (Å²) in [6, 6.07) is 11.3. The maximum atomic E-state index is 12.8. The smallest absolute Gasteiger partial charge is 0.349 e. The van der Waals surface area contributed by atoms with E-state index in [1.165, 1.54) is 12.1 Å². The molecule has 0 atom stereocenters. The Morgan fingerprint density at radius 2 is 1.56 bits per heavy atom. The van der Waals surface area contributed by atoms with Gasteiger partial charge in [0.15, 0.2) is 6.29 Å². The average molecular weight is 352 g/mol. The molecule has 2 aromatic rings. The second-order valence-electron chi connectivity index (χ2n) is 5.81. The summed E-state index contributed by atoms with van der Waals surface area (Å²) in [6.07, 6.45) is -4.30. The largest absolute Gasteiger partial charge is 0.416 e. The van der Waals surface area contributed by atoms with Crippen molar-refractivity contribution in [3.8, 4) is 0 Å². The van der Waals surface area contributed by atoms with Crippen molar-refractivity contribution in [2.75, 3.05) is 13.2 Å². The van der Waals surface area contributed by atoms with Crippen LogP contribution in [-0.4, -0.2) is 13.2 Å². The summed E-state index contributed by atoms with van der Waals surface area (Å²) >= 11 is 0. The topological polar surface area (TPSA) is 18.5 Å². The molecular weight excluding hydrogens is 329 g/mol. The van der Waals surface area contributed by atoms with E-state index in [4.69, 9.17) is 9.47 Å². The maximum absolute atomic E-state index is 12.8. The third-order valence-corrected chi connectivity index (χ3v) is 3.89. The first kappa shape index (κ1) is 19.5. The van der Waals surface area contributed by atoms with Crippen LogP contribution >= 0.6 is 0 Å². The van der Waals surface area contributed by atoms with Crippen LogP contribution in [0.2, 0.25) is 0 Å². The van der Waals surface area contributed by atoms with Gasteiger partial charge >= 0.3 is 6.18 Å². The molecule has 0 aliphatic carbocycles. The number of halogens is 3. The summed E-state index contributed by atoms with van der Waals surface area (Å²) in [5, 5.41) is 0. The van der Waals surface area contributed by atoms with Crippen molar-refractivity contribution in [3.05, 3.63) is 70.3 Å². The van der Waals surface area contributed by atoms with Gasteiger partial charge in [0.25, 0.3) is 0 Å². The van der Waals surface area contributed by atoms with Crippen molar-refractivity contribution >= 4 is 0 Å². The molecule has 0 saturated carbocycles. The molecule has 0 bridgehead atoms. The predicted octanol–water partition coefficient (Wildman–Crippen LogP) is 5.68. The highest BCUT2D eigenvalue weighted by Gasteiger charge is 2.30. The zero-order valence-electron chi connectivity index (χ0n) is 14.7. The second kappa shape index (κ2) is 8.50. The molecule has 0 aliphatic rings. The Balaban J connectivity index is 2.20. The van der Waals surface area contributed by atoms with Gasteiger partial charge in [-0.2, -0.15) is 13.2 Å². The van der Waals surface area contributed by atoms with Gasteiger partial charge in [0.05, 0.1) is 5.56 Å². The van der Waals surface area contributed by atoms with Gasteiger partial charge in [0.1, 0.15) is 0 Å². The van der Waals surface area contributed by atoms with Crippen molar-refractivity contribution in [3.63, 3.8) is 0 Å². The monoisotopic (exact) mass is 352 g/mol. The molecule has 0 radical (unpaired) electrons. The van der Waals surface area contributed by atoms with Gasteiger partial charge in [0, 0.05) is 18.8 Å². The van der Waals surface area contributed by atoms with Crippen LogP contribution in [0, 0.1) is 6.92 Å². The van der Waals surface area contributed by atoms with E-state index in [0.717, 1.165) is 22.8 Å². The van der Waals surface area contributed by atoms with Crippen molar-refractivity contribution < 1.29 is 22.6 Å². The molecule has 2 aromatic carbocycles.